The highest BCUT2D eigenvalue weighted by atomic mass is 35.5. The van der Waals surface area contributed by atoms with Crippen molar-refractivity contribution in [2.45, 2.75) is 44.2 Å². The number of halogens is 2. The van der Waals surface area contributed by atoms with Crippen LogP contribution in [-0.2, 0) is 27.4 Å². The monoisotopic (exact) mass is 614 g/mol. The van der Waals surface area contributed by atoms with E-state index < -0.39 is 17.4 Å². The number of carbonyl (C=O) groups is 3. The van der Waals surface area contributed by atoms with Crippen molar-refractivity contribution < 1.29 is 28.6 Å². The number of amides is 2. The fraction of sp³-hybridized carbons (Fsp3) is 0.229. The van der Waals surface area contributed by atoms with Crippen molar-refractivity contribution in [2.75, 3.05) is 6.54 Å². The average molecular weight is 615 g/mol. The molecule has 0 bridgehead atoms. The topological polar surface area (TPSA) is 105 Å². The molecule has 3 aromatic rings. The van der Waals surface area contributed by atoms with Crippen LogP contribution in [0.25, 0.3) is 5.57 Å². The molecule has 2 aliphatic carbocycles. The van der Waals surface area contributed by atoms with Gasteiger partial charge in [-0.05, 0) is 76.2 Å². The van der Waals surface area contributed by atoms with E-state index in [0.29, 0.717) is 23.6 Å². The van der Waals surface area contributed by atoms with E-state index in [1.807, 2.05) is 30.3 Å². The number of hydrogen-bond donors (Lipinski definition) is 3. The second-order valence-corrected chi connectivity index (χ2v) is 11.4. The Morgan fingerprint density at radius 3 is 2.27 bits per heavy atom. The van der Waals surface area contributed by atoms with E-state index in [2.05, 4.69) is 22.8 Å². The number of allylic oxidation sites excluding steroid dienone is 4. The number of aliphatic carboxylic acids is 1. The Morgan fingerprint density at radius 2 is 1.57 bits per heavy atom. The minimum atomic E-state index is -1.26. The number of carbonyl (C=O) groups excluding carboxylic acids is 2. The summed E-state index contributed by atoms with van der Waals surface area (Å²) in [4.78, 5) is 38.0. The number of rotatable bonds is 11. The van der Waals surface area contributed by atoms with Gasteiger partial charge in [0.1, 0.15) is 23.7 Å². The zero-order valence-corrected chi connectivity index (χ0v) is 24.7. The minimum Gasteiger partial charge on any atom is -0.489 e. The Morgan fingerprint density at radius 1 is 0.886 bits per heavy atom. The number of benzene rings is 3. The van der Waals surface area contributed by atoms with Crippen LogP contribution in [0.4, 0.5) is 4.39 Å². The van der Waals surface area contributed by atoms with Crippen molar-refractivity contribution >= 4 is 35.0 Å². The van der Waals surface area contributed by atoms with Gasteiger partial charge in [0.25, 0.3) is 0 Å². The number of nitrogens with one attached hydrogen (secondary N) is 2. The van der Waals surface area contributed by atoms with Gasteiger partial charge < -0.3 is 20.5 Å². The maximum Gasteiger partial charge on any atom is 0.305 e. The number of hydrogen-bond acceptors (Lipinski definition) is 4. The van der Waals surface area contributed by atoms with E-state index in [0.717, 1.165) is 33.4 Å². The van der Waals surface area contributed by atoms with Crippen LogP contribution < -0.4 is 15.4 Å². The van der Waals surface area contributed by atoms with Gasteiger partial charge in [-0.1, -0.05) is 66.2 Å². The minimum absolute atomic E-state index is 0.0381. The molecule has 2 amide bonds. The summed E-state index contributed by atoms with van der Waals surface area (Å²) in [6, 6.07) is 20.7. The fourth-order valence-corrected chi connectivity index (χ4v) is 5.54. The van der Waals surface area contributed by atoms with Gasteiger partial charge in [0.15, 0.2) is 0 Å². The van der Waals surface area contributed by atoms with Crippen molar-refractivity contribution in [3.8, 4) is 5.75 Å². The van der Waals surface area contributed by atoms with E-state index in [1.165, 1.54) is 12.1 Å². The normalized spacial score (nSPS) is 17.4. The first kappa shape index (κ1) is 30.8. The van der Waals surface area contributed by atoms with Gasteiger partial charge in [0, 0.05) is 24.4 Å². The molecule has 226 valence electrons. The molecule has 2 aliphatic rings. The summed E-state index contributed by atoms with van der Waals surface area (Å²) in [5.41, 5.74) is 4.22. The van der Waals surface area contributed by atoms with Crippen LogP contribution in [0.2, 0.25) is 5.02 Å². The molecule has 1 saturated carbocycles. The molecule has 0 aromatic heterocycles. The molecular weight excluding hydrogens is 583 g/mol. The van der Waals surface area contributed by atoms with Crippen LogP contribution in [0, 0.1) is 5.82 Å². The molecule has 0 spiro atoms. The zero-order valence-electron chi connectivity index (χ0n) is 23.9. The first-order valence-corrected chi connectivity index (χ1v) is 14.7. The molecule has 1 fully saturated rings. The van der Waals surface area contributed by atoms with Gasteiger partial charge in [0.2, 0.25) is 11.8 Å². The van der Waals surface area contributed by atoms with Crippen molar-refractivity contribution in [1.82, 2.24) is 10.6 Å². The Balaban J connectivity index is 1.29. The van der Waals surface area contributed by atoms with Crippen LogP contribution in [0.5, 0.6) is 5.75 Å². The summed E-state index contributed by atoms with van der Waals surface area (Å²) in [7, 11) is 0. The summed E-state index contributed by atoms with van der Waals surface area (Å²) in [5, 5.41) is 15.4. The van der Waals surface area contributed by atoms with Crippen LogP contribution in [-0.4, -0.2) is 35.0 Å². The number of ether oxygens (including phenoxy) is 1. The van der Waals surface area contributed by atoms with Crippen LogP contribution in [0.15, 0.2) is 102 Å². The summed E-state index contributed by atoms with van der Waals surface area (Å²) in [6.07, 6.45) is 7.26. The van der Waals surface area contributed by atoms with Gasteiger partial charge in [-0.2, -0.15) is 0 Å². The van der Waals surface area contributed by atoms with Crippen molar-refractivity contribution in [1.29, 1.82) is 0 Å². The van der Waals surface area contributed by atoms with Gasteiger partial charge in [-0.15, -0.1) is 0 Å². The second-order valence-electron chi connectivity index (χ2n) is 10.9. The standard InChI is InChI=1S/C35H32ClFN2O5/c36-29-10-8-25(9-11-29)26-2-1-3-27-20-35(21-28(27)19-26,34(43)38-17-16-33(41)42)39-32(40)18-23-6-14-31(15-7-23)44-22-24-4-12-30(37)13-5-24/h2-15,19H,1,16-18,20-22H2,(H,38,43)(H,39,40)(H,41,42). The van der Waals surface area contributed by atoms with Crippen LogP contribution in [0.1, 0.15) is 42.4 Å². The highest BCUT2D eigenvalue weighted by Crippen LogP contribution is 2.42. The summed E-state index contributed by atoms with van der Waals surface area (Å²) < 4.78 is 18.9. The predicted octanol–water partition coefficient (Wildman–Crippen LogP) is 6.18. The Kier molecular flexibility index (Phi) is 9.60. The highest BCUT2D eigenvalue weighted by molar-refractivity contribution is 6.30. The first-order chi connectivity index (χ1) is 21.2. The van der Waals surface area contributed by atoms with Gasteiger partial charge in [-0.3, -0.25) is 14.4 Å². The van der Waals surface area contributed by atoms with E-state index >= 15 is 0 Å². The third kappa shape index (κ3) is 7.82. The Bertz CT molecular complexity index is 1630. The lowest BCUT2D eigenvalue weighted by Gasteiger charge is -2.29. The SMILES string of the molecule is O=C(O)CCNC(=O)C1(NC(=O)Cc2ccc(OCc3ccc(F)cc3)cc2)CC2=CCC=C(c3ccc(Cl)cc3)C=C2C1. The number of carboxylic acids is 1. The molecule has 7 nitrogen and oxygen atoms in total. The predicted molar refractivity (Wildman–Crippen MR) is 166 cm³/mol. The summed E-state index contributed by atoms with van der Waals surface area (Å²) >= 11 is 6.08. The first-order valence-electron chi connectivity index (χ1n) is 14.3. The molecule has 0 saturated heterocycles. The summed E-state index contributed by atoms with van der Waals surface area (Å²) in [5.74, 6) is -1.47. The quantitative estimate of drug-likeness (QED) is 0.239. The largest absolute Gasteiger partial charge is 0.489 e. The third-order valence-electron chi connectivity index (χ3n) is 7.65. The zero-order chi connectivity index (χ0) is 31.1. The molecule has 9 heteroatoms. The molecular formula is C35H32ClFN2O5. The lowest BCUT2D eigenvalue weighted by molar-refractivity contribution is -0.137. The molecule has 5 rings (SSSR count). The lowest BCUT2D eigenvalue weighted by Crippen LogP contribution is -2.57. The maximum atomic E-state index is 13.6. The molecule has 0 radical (unpaired) electrons. The Hall–Kier alpha value is -4.69. The van der Waals surface area contributed by atoms with Gasteiger partial charge in [-0.25, -0.2) is 4.39 Å². The van der Waals surface area contributed by atoms with Crippen molar-refractivity contribution in [3.63, 3.8) is 0 Å². The van der Waals surface area contributed by atoms with Gasteiger partial charge in [0.05, 0.1) is 12.8 Å². The van der Waals surface area contributed by atoms with Crippen molar-refractivity contribution in [3.05, 3.63) is 130 Å². The van der Waals surface area contributed by atoms with E-state index in [1.54, 1.807) is 36.4 Å². The third-order valence-corrected chi connectivity index (χ3v) is 7.90. The smallest absolute Gasteiger partial charge is 0.305 e. The van der Waals surface area contributed by atoms with Gasteiger partial charge >= 0.3 is 5.97 Å². The van der Waals surface area contributed by atoms with Crippen molar-refractivity contribution in [2.24, 2.45) is 0 Å². The molecule has 44 heavy (non-hydrogen) atoms. The molecule has 3 aromatic carbocycles. The molecule has 0 aliphatic heterocycles. The number of fused-ring (bicyclic) bond motifs is 1. The number of carboxylic acid groups (broad SMARTS) is 1. The lowest BCUT2D eigenvalue weighted by atomic mass is 9.93. The fourth-order valence-electron chi connectivity index (χ4n) is 5.41. The van der Waals surface area contributed by atoms with E-state index in [9.17, 15) is 18.8 Å². The van der Waals surface area contributed by atoms with Crippen LogP contribution in [0.3, 0.4) is 0 Å². The molecule has 0 heterocycles. The average Bonchev–Trinajstić information content (AvgIpc) is 3.23. The van der Waals surface area contributed by atoms with E-state index in [4.69, 9.17) is 21.4 Å². The Labute approximate surface area is 260 Å². The highest BCUT2D eigenvalue weighted by Gasteiger charge is 2.46. The second kappa shape index (κ2) is 13.7. The molecule has 1 atom stereocenters. The maximum absolute atomic E-state index is 13.6. The summed E-state index contributed by atoms with van der Waals surface area (Å²) in [6.45, 7) is 0.236. The molecule has 3 N–H and O–H groups in total. The molecule has 1 unspecified atom stereocenters. The van der Waals surface area contributed by atoms with Crippen LogP contribution >= 0.6 is 11.6 Å². The van der Waals surface area contributed by atoms with E-state index in [-0.39, 0.29) is 44.1 Å².